The lowest BCUT2D eigenvalue weighted by atomic mass is 10.1. The SMILES string of the molecule is CCC[C@@H](c1nc2c(F)cc(Br)cc2c(=O)n1CC)N1CCCN(C)CC1. The second-order valence-corrected chi connectivity index (χ2v) is 8.22. The van der Waals surface area contributed by atoms with E-state index in [-0.39, 0.29) is 17.1 Å². The number of fused-ring (bicyclic) bond motifs is 1. The van der Waals surface area contributed by atoms with E-state index in [1.165, 1.54) is 6.07 Å². The lowest BCUT2D eigenvalue weighted by Crippen LogP contribution is -2.37. The first-order valence-corrected chi connectivity index (χ1v) is 10.6. The second kappa shape index (κ2) is 8.80. The minimum Gasteiger partial charge on any atom is -0.305 e. The van der Waals surface area contributed by atoms with Crippen molar-refractivity contribution in [3.63, 3.8) is 0 Å². The van der Waals surface area contributed by atoms with Crippen LogP contribution in [0.1, 0.15) is 45.0 Å². The molecule has 1 aromatic carbocycles. The largest absolute Gasteiger partial charge is 0.305 e. The van der Waals surface area contributed by atoms with Crippen LogP contribution in [0.25, 0.3) is 10.9 Å². The monoisotopic (exact) mass is 438 g/mol. The normalized spacial score (nSPS) is 18.0. The molecule has 3 rings (SSSR count). The molecule has 0 radical (unpaired) electrons. The van der Waals surface area contributed by atoms with E-state index in [9.17, 15) is 9.18 Å². The molecule has 1 atom stereocenters. The smallest absolute Gasteiger partial charge is 0.261 e. The van der Waals surface area contributed by atoms with Crippen molar-refractivity contribution in [1.82, 2.24) is 19.4 Å². The Morgan fingerprint density at radius 1 is 1.22 bits per heavy atom. The molecule has 0 unspecified atom stereocenters. The average Bonchev–Trinajstić information content (AvgIpc) is 2.85. The van der Waals surface area contributed by atoms with E-state index in [4.69, 9.17) is 4.98 Å². The van der Waals surface area contributed by atoms with Crippen LogP contribution < -0.4 is 5.56 Å². The fraction of sp³-hybridized carbons (Fsp3) is 0.600. The molecule has 27 heavy (non-hydrogen) atoms. The minimum absolute atomic E-state index is 0.0293. The zero-order valence-electron chi connectivity index (χ0n) is 16.3. The molecule has 0 amide bonds. The van der Waals surface area contributed by atoms with Crippen molar-refractivity contribution in [2.45, 2.75) is 45.7 Å². The number of halogens is 2. The Morgan fingerprint density at radius 3 is 2.70 bits per heavy atom. The maximum absolute atomic E-state index is 14.6. The quantitative estimate of drug-likeness (QED) is 0.711. The van der Waals surface area contributed by atoms with Gasteiger partial charge in [-0.2, -0.15) is 0 Å². The first kappa shape index (κ1) is 20.4. The Hall–Kier alpha value is -1.31. The maximum atomic E-state index is 14.6. The zero-order chi connectivity index (χ0) is 19.6. The number of nitrogens with zero attached hydrogens (tertiary/aromatic N) is 4. The Morgan fingerprint density at radius 2 is 2.00 bits per heavy atom. The number of rotatable bonds is 5. The Kier molecular flexibility index (Phi) is 6.65. The standard InChI is InChI=1S/C20H28BrFN4O/c1-4-7-17(25-9-6-8-24(3)10-11-25)19-23-18-15(20(27)26(19)5-2)12-14(21)13-16(18)22/h12-13,17H,4-11H2,1-3H3/t17-/m0/s1. The molecular formula is C20H28BrFN4O. The molecule has 1 aliphatic heterocycles. The summed E-state index contributed by atoms with van der Waals surface area (Å²) in [6.45, 7) is 8.58. The molecule has 0 spiro atoms. The van der Waals surface area contributed by atoms with E-state index in [0.717, 1.165) is 45.4 Å². The van der Waals surface area contributed by atoms with E-state index in [2.05, 4.69) is 39.7 Å². The van der Waals surface area contributed by atoms with Gasteiger partial charge in [0.25, 0.3) is 5.56 Å². The Labute approximate surface area is 168 Å². The highest BCUT2D eigenvalue weighted by atomic mass is 79.9. The number of benzene rings is 1. The van der Waals surface area contributed by atoms with Crippen LogP contribution in [0.5, 0.6) is 0 Å². The summed E-state index contributed by atoms with van der Waals surface area (Å²) in [5.41, 5.74) is 0.0155. The lowest BCUT2D eigenvalue weighted by molar-refractivity contribution is 0.180. The number of hydrogen-bond acceptors (Lipinski definition) is 4. The van der Waals surface area contributed by atoms with E-state index in [1.54, 1.807) is 10.6 Å². The van der Waals surface area contributed by atoms with Crippen LogP contribution in [-0.2, 0) is 6.54 Å². The van der Waals surface area contributed by atoms with Crippen LogP contribution in [-0.4, -0.2) is 52.6 Å². The summed E-state index contributed by atoms with van der Waals surface area (Å²) in [7, 11) is 2.14. The predicted octanol–water partition coefficient (Wildman–Crippen LogP) is 3.80. The van der Waals surface area contributed by atoms with Crippen LogP contribution in [0.4, 0.5) is 4.39 Å². The maximum Gasteiger partial charge on any atom is 0.261 e. The van der Waals surface area contributed by atoms with E-state index >= 15 is 0 Å². The number of likely N-dealkylation sites (N-methyl/N-ethyl adjacent to an activating group) is 1. The fourth-order valence-corrected chi connectivity index (χ4v) is 4.38. The number of aromatic nitrogens is 2. The summed E-state index contributed by atoms with van der Waals surface area (Å²) in [6.07, 6.45) is 2.97. The molecule has 0 N–H and O–H groups in total. The zero-order valence-corrected chi connectivity index (χ0v) is 17.9. The molecule has 0 aliphatic carbocycles. The summed E-state index contributed by atoms with van der Waals surface area (Å²) in [5.74, 6) is 0.245. The van der Waals surface area contributed by atoms with Gasteiger partial charge in [0.2, 0.25) is 0 Å². The van der Waals surface area contributed by atoms with Gasteiger partial charge in [0.05, 0.1) is 11.4 Å². The van der Waals surface area contributed by atoms with E-state index in [0.29, 0.717) is 22.2 Å². The summed E-state index contributed by atoms with van der Waals surface area (Å²) >= 11 is 3.28. The van der Waals surface area contributed by atoms with Crippen molar-refractivity contribution in [1.29, 1.82) is 0 Å². The molecule has 2 aromatic rings. The second-order valence-electron chi connectivity index (χ2n) is 7.30. The molecule has 7 heteroatoms. The molecular weight excluding hydrogens is 411 g/mol. The van der Waals surface area contributed by atoms with Gasteiger partial charge in [-0.05, 0) is 45.5 Å². The summed E-state index contributed by atoms with van der Waals surface area (Å²) in [4.78, 5) is 22.6. The summed E-state index contributed by atoms with van der Waals surface area (Å²) in [6, 6.07) is 3.07. The third-order valence-electron chi connectivity index (χ3n) is 5.38. The highest BCUT2D eigenvalue weighted by Crippen LogP contribution is 2.28. The molecule has 148 valence electrons. The van der Waals surface area contributed by atoms with Crippen LogP contribution in [0.3, 0.4) is 0 Å². The van der Waals surface area contributed by atoms with Gasteiger partial charge in [-0.1, -0.05) is 29.3 Å². The highest BCUT2D eigenvalue weighted by molar-refractivity contribution is 9.10. The van der Waals surface area contributed by atoms with Crippen LogP contribution in [0, 0.1) is 5.82 Å². The van der Waals surface area contributed by atoms with Crippen LogP contribution in [0.15, 0.2) is 21.4 Å². The van der Waals surface area contributed by atoms with Gasteiger partial charge in [0.1, 0.15) is 11.3 Å². The van der Waals surface area contributed by atoms with Gasteiger partial charge >= 0.3 is 0 Å². The summed E-state index contributed by atoms with van der Waals surface area (Å²) < 4.78 is 16.9. The van der Waals surface area contributed by atoms with Crippen molar-refractivity contribution in [3.05, 3.63) is 38.6 Å². The molecule has 1 aliphatic rings. The van der Waals surface area contributed by atoms with Crippen molar-refractivity contribution in [2.75, 3.05) is 33.2 Å². The fourth-order valence-electron chi connectivity index (χ4n) is 3.95. The topological polar surface area (TPSA) is 41.4 Å². The van der Waals surface area contributed by atoms with Crippen molar-refractivity contribution in [2.24, 2.45) is 0 Å². The van der Waals surface area contributed by atoms with E-state index in [1.807, 2.05) is 6.92 Å². The van der Waals surface area contributed by atoms with Crippen LogP contribution in [0.2, 0.25) is 0 Å². The molecule has 1 aromatic heterocycles. The van der Waals surface area contributed by atoms with Gasteiger partial charge in [0, 0.05) is 30.7 Å². The summed E-state index contributed by atoms with van der Waals surface area (Å²) in [5, 5.41) is 0.332. The number of hydrogen-bond donors (Lipinski definition) is 0. The van der Waals surface area contributed by atoms with Crippen LogP contribution >= 0.6 is 15.9 Å². The van der Waals surface area contributed by atoms with Gasteiger partial charge in [-0.15, -0.1) is 0 Å². The Balaban J connectivity index is 2.15. The molecule has 1 fully saturated rings. The van der Waals surface area contributed by atoms with Crippen molar-refractivity contribution >= 4 is 26.8 Å². The third-order valence-corrected chi connectivity index (χ3v) is 5.84. The first-order valence-electron chi connectivity index (χ1n) is 9.78. The van der Waals surface area contributed by atoms with Gasteiger partial charge < -0.3 is 4.90 Å². The van der Waals surface area contributed by atoms with Gasteiger partial charge in [-0.3, -0.25) is 14.3 Å². The molecule has 1 saturated heterocycles. The van der Waals surface area contributed by atoms with Crippen molar-refractivity contribution in [3.8, 4) is 0 Å². The Bertz CT molecular complexity index is 869. The third kappa shape index (κ3) is 4.25. The molecule has 5 nitrogen and oxygen atoms in total. The highest BCUT2D eigenvalue weighted by Gasteiger charge is 2.27. The minimum atomic E-state index is -0.452. The molecule has 0 saturated carbocycles. The molecule has 0 bridgehead atoms. The predicted molar refractivity (Wildman–Crippen MR) is 111 cm³/mol. The van der Waals surface area contributed by atoms with E-state index < -0.39 is 5.82 Å². The average molecular weight is 439 g/mol. The lowest BCUT2D eigenvalue weighted by Gasteiger charge is -2.31. The molecule has 2 heterocycles. The van der Waals surface area contributed by atoms with Crippen molar-refractivity contribution < 1.29 is 4.39 Å². The first-order chi connectivity index (χ1) is 13.0. The van der Waals surface area contributed by atoms with Gasteiger partial charge in [0.15, 0.2) is 5.82 Å². The van der Waals surface area contributed by atoms with Gasteiger partial charge in [-0.25, -0.2) is 9.37 Å².